The first-order chi connectivity index (χ1) is 13.3. The van der Waals surface area contributed by atoms with Crippen LogP contribution in [0.15, 0.2) is 53.5 Å². The van der Waals surface area contributed by atoms with Gasteiger partial charge in [-0.25, -0.2) is 4.79 Å². The van der Waals surface area contributed by atoms with Gasteiger partial charge in [-0.15, -0.1) is 13.2 Å². The van der Waals surface area contributed by atoms with Crippen molar-refractivity contribution in [2.24, 2.45) is 0 Å². The fourth-order valence-corrected chi connectivity index (χ4v) is 2.37. The molecule has 146 valence electrons. The molecule has 0 bridgehead atoms. The molecule has 7 nitrogen and oxygen atoms in total. The van der Waals surface area contributed by atoms with Gasteiger partial charge in [0.05, 0.1) is 6.61 Å². The normalized spacial score (nSPS) is 11.3. The number of pyridine rings is 1. The highest BCUT2D eigenvalue weighted by molar-refractivity contribution is 5.91. The summed E-state index contributed by atoms with van der Waals surface area (Å²) in [5, 5.41) is 0. The Morgan fingerprint density at radius 1 is 1.14 bits per heavy atom. The van der Waals surface area contributed by atoms with Crippen LogP contribution in [0.2, 0.25) is 0 Å². The van der Waals surface area contributed by atoms with Crippen molar-refractivity contribution in [3.63, 3.8) is 0 Å². The minimum absolute atomic E-state index is 0.00408. The summed E-state index contributed by atoms with van der Waals surface area (Å²) in [6.45, 7) is 1.56. The molecule has 0 fully saturated rings. The first-order valence-corrected chi connectivity index (χ1v) is 8.00. The van der Waals surface area contributed by atoms with Gasteiger partial charge in [-0.2, -0.15) is 4.98 Å². The first kappa shape index (κ1) is 19.2. The predicted octanol–water partition coefficient (Wildman–Crippen LogP) is 3.56. The fraction of sp³-hybridized carbons (Fsp3) is 0.167. The number of esters is 1. The van der Waals surface area contributed by atoms with Gasteiger partial charge in [0.15, 0.2) is 5.56 Å². The zero-order valence-electron chi connectivity index (χ0n) is 14.4. The summed E-state index contributed by atoms with van der Waals surface area (Å²) >= 11 is 0. The highest BCUT2D eigenvalue weighted by Gasteiger charge is 2.31. The molecule has 28 heavy (non-hydrogen) atoms. The van der Waals surface area contributed by atoms with E-state index in [0.29, 0.717) is 0 Å². The maximum absolute atomic E-state index is 12.7. The number of alkyl halides is 3. The van der Waals surface area contributed by atoms with Crippen molar-refractivity contribution >= 4 is 11.6 Å². The fourth-order valence-electron chi connectivity index (χ4n) is 2.37. The second-order valence-corrected chi connectivity index (χ2v) is 5.37. The van der Waals surface area contributed by atoms with Gasteiger partial charge in [-0.1, -0.05) is 12.1 Å². The molecule has 0 unspecified atom stereocenters. The Labute approximate surface area is 155 Å². The summed E-state index contributed by atoms with van der Waals surface area (Å²) in [6.07, 6.45) is -3.47. The molecular weight excluding hydrogens is 381 g/mol. The van der Waals surface area contributed by atoms with Gasteiger partial charge in [0.1, 0.15) is 17.1 Å². The monoisotopic (exact) mass is 394 g/mol. The summed E-state index contributed by atoms with van der Waals surface area (Å²) in [6, 6.07) is 9.32. The summed E-state index contributed by atoms with van der Waals surface area (Å²) < 4.78 is 52.5. The number of benzene rings is 1. The number of hydrogen-bond acceptors (Lipinski definition) is 6. The molecule has 10 heteroatoms. The zero-order chi connectivity index (χ0) is 20.3. The second-order valence-electron chi connectivity index (χ2n) is 5.37. The molecular formula is C18H13F3N2O5. The number of rotatable bonds is 5. The Balaban J connectivity index is 2.07. The van der Waals surface area contributed by atoms with Crippen LogP contribution < -0.4 is 15.0 Å². The lowest BCUT2D eigenvalue weighted by Crippen LogP contribution is -2.25. The maximum atomic E-state index is 12.7. The van der Waals surface area contributed by atoms with E-state index < -0.39 is 29.2 Å². The number of carbonyl (C=O) groups excluding carboxylic acids is 1. The third kappa shape index (κ3) is 4.22. The van der Waals surface area contributed by atoms with Gasteiger partial charge in [-0.3, -0.25) is 9.20 Å². The van der Waals surface area contributed by atoms with Crippen molar-refractivity contribution < 1.29 is 32.2 Å². The topological polar surface area (TPSA) is 79.1 Å². The first-order valence-electron chi connectivity index (χ1n) is 8.00. The van der Waals surface area contributed by atoms with Crippen molar-refractivity contribution in [3.05, 3.63) is 64.6 Å². The molecule has 0 aliphatic rings. The molecule has 0 amide bonds. The van der Waals surface area contributed by atoms with E-state index in [1.807, 2.05) is 0 Å². The third-order valence-corrected chi connectivity index (χ3v) is 3.43. The molecule has 0 aliphatic carbocycles. The van der Waals surface area contributed by atoms with E-state index in [-0.39, 0.29) is 23.9 Å². The van der Waals surface area contributed by atoms with E-state index in [1.54, 1.807) is 19.1 Å². The van der Waals surface area contributed by atoms with Crippen molar-refractivity contribution in [1.29, 1.82) is 0 Å². The minimum Gasteiger partial charge on any atom is -0.462 e. The number of nitrogens with zero attached hydrogens (tertiary/aromatic N) is 2. The lowest BCUT2D eigenvalue weighted by atomic mass is 10.3. The van der Waals surface area contributed by atoms with Crippen molar-refractivity contribution in [1.82, 2.24) is 9.38 Å². The van der Waals surface area contributed by atoms with Gasteiger partial charge in [-0.05, 0) is 31.2 Å². The van der Waals surface area contributed by atoms with Crippen LogP contribution in [-0.4, -0.2) is 28.3 Å². The second kappa shape index (κ2) is 7.59. The van der Waals surface area contributed by atoms with Crippen molar-refractivity contribution in [2.45, 2.75) is 13.3 Å². The molecule has 0 atom stereocenters. The minimum atomic E-state index is -4.88. The van der Waals surface area contributed by atoms with Crippen molar-refractivity contribution in [2.75, 3.05) is 6.61 Å². The SMILES string of the molecule is CCOC(=O)c1c(Oc2cccc(OC(F)(F)F)c2)nc2ccccn2c1=O. The molecule has 2 aromatic heterocycles. The van der Waals surface area contributed by atoms with Crippen LogP contribution in [0.25, 0.3) is 5.65 Å². The average molecular weight is 394 g/mol. The zero-order valence-corrected chi connectivity index (χ0v) is 14.4. The molecule has 0 spiro atoms. The molecule has 3 rings (SSSR count). The number of aromatic nitrogens is 2. The van der Waals surface area contributed by atoms with Crippen LogP contribution in [0.5, 0.6) is 17.4 Å². The molecule has 3 aromatic rings. The average Bonchev–Trinajstić information content (AvgIpc) is 2.61. The van der Waals surface area contributed by atoms with Gasteiger partial charge < -0.3 is 14.2 Å². The number of halogens is 3. The van der Waals surface area contributed by atoms with Crippen LogP contribution in [0.1, 0.15) is 17.3 Å². The number of fused-ring (bicyclic) bond motifs is 1. The van der Waals surface area contributed by atoms with Gasteiger partial charge >= 0.3 is 12.3 Å². The Morgan fingerprint density at radius 2 is 1.89 bits per heavy atom. The molecule has 0 aliphatic heterocycles. The predicted molar refractivity (Wildman–Crippen MR) is 90.6 cm³/mol. The van der Waals surface area contributed by atoms with Crippen LogP contribution in [0.4, 0.5) is 13.2 Å². The van der Waals surface area contributed by atoms with Gasteiger partial charge in [0.25, 0.3) is 5.56 Å². The molecule has 0 saturated heterocycles. The summed E-state index contributed by atoms with van der Waals surface area (Å²) in [5.41, 5.74) is -1.03. The Bertz CT molecular complexity index is 1080. The summed E-state index contributed by atoms with van der Waals surface area (Å²) in [7, 11) is 0. The molecule has 2 heterocycles. The van der Waals surface area contributed by atoms with Gasteiger partial charge in [0, 0.05) is 12.3 Å². The maximum Gasteiger partial charge on any atom is 0.573 e. The van der Waals surface area contributed by atoms with E-state index in [0.717, 1.165) is 16.5 Å². The third-order valence-electron chi connectivity index (χ3n) is 3.43. The van der Waals surface area contributed by atoms with Crippen LogP contribution in [0, 0.1) is 0 Å². The highest BCUT2D eigenvalue weighted by atomic mass is 19.4. The van der Waals surface area contributed by atoms with Crippen molar-refractivity contribution in [3.8, 4) is 17.4 Å². The standard InChI is InChI=1S/C18H13F3N2O5/c1-2-26-17(25)14-15(22-13-8-3-4-9-23(13)16(14)24)27-11-6-5-7-12(10-11)28-18(19,20)21/h3-10H,2H2,1H3. The van der Waals surface area contributed by atoms with E-state index in [1.165, 1.54) is 24.4 Å². The largest absolute Gasteiger partial charge is 0.573 e. The Morgan fingerprint density at radius 3 is 2.61 bits per heavy atom. The van der Waals surface area contributed by atoms with E-state index in [9.17, 15) is 22.8 Å². The van der Waals surface area contributed by atoms with Gasteiger partial charge in [0.2, 0.25) is 5.88 Å². The molecule has 0 saturated carbocycles. The highest BCUT2D eigenvalue weighted by Crippen LogP contribution is 2.29. The lowest BCUT2D eigenvalue weighted by Gasteiger charge is -2.12. The lowest BCUT2D eigenvalue weighted by molar-refractivity contribution is -0.274. The quantitative estimate of drug-likeness (QED) is 0.616. The molecule has 0 radical (unpaired) electrons. The van der Waals surface area contributed by atoms with E-state index in [2.05, 4.69) is 9.72 Å². The summed E-state index contributed by atoms with van der Waals surface area (Å²) in [5.74, 6) is -1.99. The number of hydrogen-bond donors (Lipinski definition) is 0. The van der Waals surface area contributed by atoms with E-state index >= 15 is 0 Å². The number of carbonyl (C=O) groups is 1. The molecule has 0 N–H and O–H groups in total. The van der Waals surface area contributed by atoms with E-state index in [4.69, 9.17) is 9.47 Å². The molecule has 1 aromatic carbocycles. The van der Waals surface area contributed by atoms with Crippen LogP contribution in [0.3, 0.4) is 0 Å². The Kier molecular flexibility index (Phi) is 5.21. The number of ether oxygens (including phenoxy) is 3. The van der Waals surface area contributed by atoms with Crippen LogP contribution >= 0.6 is 0 Å². The smallest absolute Gasteiger partial charge is 0.462 e. The Hall–Kier alpha value is -3.56. The summed E-state index contributed by atoms with van der Waals surface area (Å²) in [4.78, 5) is 29.0. The van der Waals surface area contributed by atoms with Crippen LogP contribution in [-0.2, 0) is 4.74 Å².